The Morgan fingerprint density at radius 2 is 1.83 bits per heavy atom. The molecular weight excluding hydrogens is 450 g/mol. The van der Waals surface area contributed by atoms with Gasteiger partial charge in [-0.15, -0.1) is 0 Å². The van der Waals surface area contributed by atoms with Gasteiger partial charge in [0.05, 0.1) is 18.5 Å². The van der Waals surface area contributed by atoms with E-state index in [2.05, 4.69) is 39.5 Å². The summed E-state index contributed by atoms with van der Waals surface area (Å²) in [5, 5.41) is 17.0. The molecule has 0 saturated heterocycles. The van der Waals surface area contributed by atoms with Crippen LogP contribution in [0.2, 0.25) is 0 Å². The first kappa shape index (κ1) is 24.1. The molecule has 2 heterocycles. The van der Waals surface area contributed by atoms with Gasteiger partial charge in [-0.2, -0.15) is 9.97 Å². The Kier molecular flexibility index (Phi) is 7.04. The molecule has 1 saturated carbocycles. The van der Waals surface area contributed by atoms with Gasteiger partial charge in [0.1, 0.15) is 0 Å². The van der Waals surface area contributed by atoms with Crippen molar-refractivity contribution in [3.05, 3.63) is 60.4 Å². The lowest BCUT2D eigenvalue weighted by molar-refractivity contribution is 0.169. The predicted molar refractivity (Wildman–Crippen MR) is 146 cm³/mol. The molecule has 0 spiro atoms. The van der Waals surface area contributed by atoms with Gasteiger partial charge >= 0.3 is 0 Å². The number of nitrogens with one attached hydrogen (secondary N) is 2. The second-order valence-electron chi connectivity index (χ2n) is 9.70. The molecule has 2 aromatic heterocycles. The zero-order chi connectivity index (χ0) is 25.1. The molecule has 8 nitrogen and oxygen atoms in total. The third-order valence-corrected chi connectivity index (χ3v) is 7.16. The smallest absolute Gasteiger partial charge is 0.227 e. The maximum atomic E-state index is 10.2. The highest BCUT2D eigenvalue weighted by Crippen LogP contribution is 2.33. The molecule has 2 atom stereocenters. The molecule has 1 aliphatic rings. The lowest BCUT2D eigenvalue weighted by Gasteiger charge is -2.20. The predicted octanol–water partition coefficient (Wildman–Crippen LogP) is 5.37. The van der Waals surface area contributed by atoms with Crippen LogP contribution in [-0.4, -0.2) is 36.8 Å². The molecule has 2 aromatic carbocycles. The Hall–Kier alpha value is -3.65. The van der Waals surface area contributed by atoms with Crippen molar-refractivity contribution in [3.8, 4) is 11.1 Å². The molecule has 4 aromatic rings. The summed E-state index contributed by atoms with van der Waals surface area (Å²) in [5.74, 6) is 1.20. The molecule has 0 amide bonds. The number of nitrogen functional groups attached to an aromatic ring is 1. The van der Waals surface area contributed by atoms with Crippen molar-refractivity contribution in [2.24, 2.45) is 0 Å². The van der Waals surface area contributed by atoms with Crippen LogP contribution in [-0.2, 0) is 6.54 Å². The monoisotopic (exact) mass is 485 g/mol. The van der Waals surface area contributed by atoms with Gasteiger partial charge in [-0.25, -0.2) is 4.98 Å². The minimum atomic E-state index is -0.511. The number of hydrogen-bond acceptors (Lipinski definition) is 7. The first-order chi connectivity index (χ1) is 17.5. The molecular formula is C28H35N7O. The number of aliphatic hydroxyl groups excluding tert-OH is 1. The zero-order valence-corrected chi connectivity index (χ0v) is 21.0. The van der Waals surface area contributed by atoms with Gasteiger partial charge in [-0.1, -0.05) is 62.2 Å². The van der Waals surface area contributed by atoms with E-state index in [0.717, 1.165) is 52.8 Å². The first-order valence-corrected chi connectivity index (χ1v) is 12.9. The van der Waals surface area contributed by atoms with Crippen molar-refractivity contribution in [1.29, 1.82) is 0 Å². The van der Waals surface area contributed by atoms with Crippen molar-refractivity contribution in [1.82, 2.24) is 19.5 Å². The maximum Gasteiger partial charge on any atom is 0.227 e. The molecule has 0 bridgehead atoms. The number of nitrogens with two attached hydrogens (primary N) is 1. The van der Waals surface area contributed by atoms with E-state index >= 15 is 0 Å². The van der Waals surface area contributed by atoms with E-state index in [4.69, 9.17) is 20.7 Å². The Labute approximate surface area is 212 Å². The van der Waals surface area contributed by atoms with Crippen LogP contribution in [0.25, 0.3) is 22.3 Å². The Balaban J connectivity index is 1.42. The molecule has 36 heavy (non-hydrogen) atoms. The molecule has 1 aliphatic carbocycles. The lowest BCUT2D eigenvalue weighted by atomic mass is 10.0. The van der Waals surface area contributed by atoms with Gasteiger partial charge < -0.3 is 26.0 Å². The summed E-state index contributed by atoms with van der Waals surface area (Å²) in [5.41, 5.74) is 11.8. The van der Waals surface area contributed by atoms with Gasteiger partial charge in [0.15, 0.2) is 17.0 Å². The molecule has 0 aliphatic heterocycles. The third kappa shape index (κ3) is 4.99. The average molecular weight is 486 g/mol. The number of imidazole rings is 1. The van der Waals surface area contributed by atoms with Gasteiger partial charge in [-0.05, 0) is 43.4 Å². The number of rotatable bonds is 9. The second kappa shape index (κ2) is 10.5. The fraction of sp³-hybridized carbons (Fsp3) is 0.393. The largest absolute Gasteiger partial charge is 0.398 e. The fourth-order valence-electron chi connectivity index (χ4n) is 5.03. The molecule has 1 fully saturated rings. The van der Waals surface area contributed by atoms with Crippen LogP contribution in [0.1, 0.15) is 57.6 Å². The van der Waals surface area contributed by atoms with Gasteiger partial charge in [0.2, 0.25) is 5.95 Å². The maximum absolute atomic E-state index is 10.2. The number of para-hydroxylation sites is 1. The van der Waals surface area contributed by atoms with Crippen molar-refractivity contribution >= 4 is 28.6 Å². The number of hydrogen-bond donors (Lipinski definition) is 4. The van der Waals surface area contributed by atoms with E-state index < -0.39 is 6.10 Å². The van der Waals surface area contributed by atoms with E-state index in [1.165, 1.54) is 12.8 Å². The van der Waals surface area contributed by atoms with Crippen LogP contribution in [0, 0.1) is 0 Å². The minimum Gasteiger partial charge on any atom is -0.398 e. The van der Waals surface area contributed by atoms with Crippen molar-refractivity contribution in [3.63, 3.8) is 0 Å². The first-order valence-electron chi connectivity index (χ1n) is 12.9. The number of anilines is 3. The summed E-state index contributed by atoms with van der Waals surface area (Å²) in [6, 6.07) is 16.6. The van der Waals surface area contributed by atoms with Crippen molar-refractivity contribution in [2.75, 3.05) is 16.4 Å². The highest BCUT2D eigenvalue weighted by Gasteiger charge is 2.23. The van der Waals surface area contributed by atoms with Crippen LogP contribution in [0.5, 0.6) is 0 Å². The van der Waals surface area contributed by atoms with E-state index in [9.17, 15) is 5.11 Å². The van der Waals surface area contributed by atoms with E-state index in [0.29, 0.717) is 24.4 Å². The summed E-state index contributed by atoms with van der Waals surface area (Å²) < 4.78 is 2.20. The fourth-order valence-corrected chi connectivity index (χ4v) is 5.03. The highest BCUT2D eigenvalue weighted by molar-refractivity contribution is 5.84. The lowest BCUT2D eigenvalue weighted by Crippen LogP contribution is -2.31. The Morgan fingerprint density at radius 1 is 1.08 bits per heavy atom. The topological polar surface area (TPSA) is 114 Å². The van der Waals surface area contributed by atoms with Gasteiger partial charge in [0.25, 0.3) is 0 Å². The Bertz CT molecular complexity index is 1310. The Morgan fingerprint density at radius 3 is 2.53 bits per heavy atom. The molecule has 188 valence electrons. The van der Waals surface area contributed by atoms with E-state index in [1.54, 1.807) is 6.92 Å². The van der Waals surface area contributed by atoms with Crippen molar-refractivity contribution < 1.29 is 5.11 Å². The summed E-state index contributed by atoms with van der Waals surface area (Å²) >= 11 is 0. The SMILES string of the molecule is CCC(Nc1nc(NCc2ccc(-c3ccccc3N)cc2)c2ncn(C3CCCC3)c2n1)[C@@H](C)O. The quantitative estimate of drug-likeness (QED) is 0.236. The average Bonchev–Trinajstić information content (AvgIpc) is 3.56. The standard InChI is InChI=1S/C28H35N7O/c1-3-24(18(2)36)32-28-33-26(25-27(34-28)35(17-31-25)21-8-4-5-9-21)30-16-19-12-14-20(15-13-19)22-10-6-7-11-23(22)29/h6-7,10-15,17-18,21,24,36H,3-5,8-9,16,29H2,1-2H3,(H2,30,32,33,34)/t18-,24?/m1/s1. The minimum absolute atomic E-state index is 0.129. The molecule has 0 radical (unpaired) electrons. The zero-order valence-electron chi connectivity index (χ0n) is 21.0. The van der Waals surface area contributed by atoms with Gasteiger partial charge in [0, 0.05) is 23.8 Å². The second-order valence-corrected chi connectivity index (χ2v) is 9.70. The summed E-state index contributed by atoms with van der Waals surface area (Å²) in [7, 11) is 0. The summed E-state index contributed by atoms with van der Waals surface area (Å²) in [6.07, 6.45) is 6.90. The molecule has 8 heteroatoms. The number of aromatic nitrogens is 4. The van der Waals surface area contributed by atoms with Crippen LogP contribution in [0.3, 0.4) is 0 Å². The number of fused-ring (bicyclic) bond motifs is 1. The molecule has 5 rings (SSSR count). The van der Waals surface area contributed by atoms with Gasteiger partial charge in [-0.3, -0.25) is 0 Å². The van der Waals surface area contributed by atoms with Crippen LogP contribution < -0.4 is 16.4 Å². The number of aliphatic hydroxyl groups is 1. The normalized spacial score (nSPS) is 15.8. The summed E-state index contributed by atoms with van der Waals surface area (Å²) in [6.45, 7) is 4.42. The van der Waals surface area contributed by atoms with Crippen LogP contribution >= 0.6 is 0 Å². The van der Waals surface area contributed by atoms with E-state index in [1.807, 2.05) is 37.5 Å². The van der Waals surface area contributed by atoms with Crippen molar-refractivity contribution in [2.45, 2.75) is 70.7 Å². The van der Waals surface area contributed by atoms with Crippen LogP contribution in [0.4, 0.5) is 17.5 Å². The van der Waals surface area contributed by atoms with E-state index in [-0.39, 0.29) is 6.04 Å². The number of nitrogens with zero attached hydrogens (tertiary/aromatic N) is 4. The highest BCUT2D eigenvalue weighted by atomic mass is 16.3. The summed E-state index contributed by atoms with van der Waals surface area (Å²) in [4.78, 5) is 14.3. The van der Waals surface area contributed by atoms with Crippen LogP contribution in [0.15, 0.2) is 54.9 Å². The number of benzene rings is 2. The molecule has 5 N–H and O–H groups in total. The third-order valence-electron chi connectivity index (χ3n) is 7.16. The molecule has 1 unspecified atom stereocenters.